The van der Waals surface area contributed by atoms with Crippen molar-refractivity contribution in [3.05, 3.63) is 78.4 Å². The number of benzene rings is 3. The molecule has 1 heterocycles. The number of fused-ring (bicyclic) bond motifs is 1. The summed E-state index contributed by atoms with van der Waals surface area (Å²) < 4.78 is 5.48. The number of hydrogen-bond acceptors (Lipinski definition) is 3. The predicted molar refractivity (Wildman–Crippen MR) is 91.8 cm³/mol. The molecule has 0 aliphatic heterocycles. The Morgan fingerprint density at radius 2 is 1.58 bits per heavy atom. The van der Waals surface area contributed by atoms with Crippen molar-refractivity contribution in [2.75, 3.05) is 0 Å². The first-order valence-corrected chi connectivity index (χ1v) is 7.51. The van der Waals surface area contributed by atoms with Gasteiger partial charge < -0.3 is 9.63 Å². The molecule has 3 aromatic carbocycles. The van der Waals surface area contributed by atoms with Crippen LogP contribution in [0, 0.1) is 0 Å². The lowest BCUT2D eigenvalue weighted by atomic mass is 10.0. The normalized spacial score (nSPS) is 10.8. The highest BCUT2D eigenvalue weighted by Crippen LogP contribution is 2.32. The molecule has 4 aromatic rings. The van der Waals surface area contributed by atoms with Crippen molar-refractivity contribution in [1.82, 2.24) is 5.16 Å². The van der Waals surface area contributed by atoms with Gasteiger partial charge in [-0.25, -0.2) is 4.79 Å². The smallest absolute Gasteiger partial charge is 0.335 e. The Morgan fingerprint density at radius 1 is 0.833 bits per heavy atom. The van der Waals surface area contributed by atoms with Gasteiger partial charge in [-0.3, -0.25) is 0 Å². The van der Waals surface area contributed by atoms with E-state index in [1.807, 2.05) is 54.6 Å². The van der Waals surface area contributed by atoms with E-state index in [0.29, 0.717) is 16.7 Å². The molecule has 0 saturated carbocycles. The van der Waals surface area contributed by atoms with Gasteiger partial charge in [0.05, 0.1) is 10.9 Å². The van der Waals surface area contributed by atoms with Crippen molar-refractivity contribution in [3.63, 3.8) is 0 Å². The zero-order valence-corrected chi connectivity index (χ0v) is 12.6. The second-order valence-corrected chi connectivity index (χ2v) is 5.50. The molecule has 0 amide bonds. The van der Waals surface area contributed by atoms with Crippen LogP contribution in [0.5, 0.6) is 0 Å². The zero-order valence-electron chi connectivity index (χ0n) is 12.6. The minimum atomic E-state index is -0.970. The molecule has 1 N–H and O–H groups in total. The standard InChI is InChI=1S/C20H13NO3/c22-20(23)16-9-10-18-17(12-16)19(24-21-18)15-8-4-7-14(11-15)13-5-2-1-3-6-13/h1-12H,(H,22,23). The Kier molecular flexibility index (Phi) is 3.35. The van der Waals surface area contributed by atoms with Gasteiger partial charge in [-0.2, -0.15) is 0 Å². The zero-order chi connectivity index (χ0) is 16.5. The van der Waals surface area contributed by atoms with Gasteiger partial charge in [0.15, 0.2) is 5.76 Å². The fourth-order valence-corrected chi connectivity index (χ4v) is 2.75. The molecule has 0 aliphatic rings. The van der Waals surface area contributed by atoms with Crippen LogP contribution in [0.25, 0.3) is 33.4 Å². The van der Waals surface area contributed by atoms with Crippen LogP contribution in [0.2, 0.25) is 0 Å². The number of hydrogen-bond donors (Lipinski definition) is 1. The molecular formula is C20H13NO3. The summed E-state index contributed by atoms with van der Waals surface area (Å²) in [7, 11) is 0. The van der Waals surface area contributed by atoms with E-state index in [-0.39, 0.29) is 5.56 Å². The lowest BCUT2D eigenvalue weighted by molar-refractivity contribution is 0.0697. The molecule has 4 rings (SSSR count). The molecule has 4 heteroatoms. The van der Waals surface area contributed by atoms with Gasteiger partial charge in [-0.15, -0.1) is 0 Å². The van der Waals surface area contributed by atoms with Crippen molar-refractivity contribution >= 4 is 16.9 Å². The predicted octanol–water partition coefficient (Wildman–Crippen LogP) is 4.86. The summed E-state index contributed by atoms with van der Waals surface area (Å²) in [6.07, 6.45) is 0. The molecule has 0 radical (unpaired) electrons. The summed E-state index contributed by atoms with van der Waals surface area (Å²) in [4.78, 5) is 11.2. The van der Waals surface area contributed by atoms with Crippen LogP contribution in [0.3, 0.4) is 0 Å². The summed E-state index contributed by atoms with van der Waals surface area (Å²) in [5.41, 5.74) is 3.88. The number of rotatable bonds is 3. The second-order valence-electron chi connectivity index (χ2n) is 5.50. The average Bonchev–Trinajstić information content (AvgIpc) is 3.05. The molecule has 0 unspecified atom stereocenters. The van der Waals surface area contributed by atoms with E-state index in [9.17, 15) is 9.90 Å². The molecule has 24 heavy (non-hydrogen) atoms. The van der Waals surface area contributed by atoms with E-state index in [0.717, 1.165) is 16.7 Å². The topological polar surface area (TPSA) is 63.3 Å². The first-order chi connectivity index (χ1) is 11.7. The van der Waals surface area contributed by atoms with Crippen molar-refractivity contribution in [1.29, 1.82) is 0 Å². The van der Waals surface area contributed by atoms with Crippen molar-refractivity contribution in [2.45, 2.75) is 0 Å². The first kappa shape index (κ1) is 14.2. The Bertz CT molecular complexity index is 1040. The Hall–Kier alpha value is -3.40. The molecule has 0 saturated heterocycles. The number of carboxylic acids is 1. The van der Waals surface area contributed by atoms with Gasteiger partial charge in [0.2, 0.25) is 0 Å². The highest BCUT2D eigenvalue weighted by atomic mass is 16.5. The highest BCUT2D eigenvalue weighted by molar-refractivity contribution is 5.98. The Labute approximate surface area is 138 Å². The summed E-state index contributed by atoms with van der Waals surface area (Å²) in [5, 5.41) is 13.9. The van der Waals surface area contributed by atoms with Crippen LogP contribution < -0.4 is 0 Å². The molecule has 116 valence electrons. The third kappa shape index (κ3) is 2.44. The first-order valence-electron chi connectivity index (χ1n) is 7.51. The second kappa shape index (κ2) is 5.66. The van der Waals surface area contributed by atoms with E-state index in [4.69, 9.17) is 4.52 Å². The van der Waals surface area contributed by atoms with Crippen molar-refractivity contribution in [2.24, 2.45) is 0 Å². The quantitative estimate of drug-likeness (QED) is 0.586. The lowest BCUT2D eigenvalue weighted by Crippen LogP contribution is -1.94. The number of aromatic nitrogens is 1. The van der Waals surface area contributed by atoms with Crippen molar-refractivity contribution in [3.8, 4) is 22.5 Å². The maximum absolute atomic E-state index is 11.2. The van der Waals surface area contributed by atoms with Crippen molar-refractivity contribution < 1.29 is 14.4 Å². The third-order valence-electron chi connectivity index (χ3n) is 3.96. The fourth-order valence-electron chi connectivity index (χ4n) is 2.75. The molecule has 0 bridgehead atoms. The number of aromatic carboxylic acids is 1. The van der Waals surface area contributed by atoms with Crippen LogP contribution >= 0.6 is 0 Å². The van der Waals surface area contributed by atoms with Crippen LogP contribution in [0.4, 0.5) is 0 Å². The Balaban J connectivity index is 1.86. The van der Waals surface area contributed by atoms with Gasteiger partial charge in [0, 0.05) is 5.56 Å². The SMILES string of the molecule is O=C(O)c1ccc2noc(-c3cccc(-c4ccccc4)c3)c2c1. The highest BCUT2D eigenvalue weighted by Gasteiger charge is 2.14. The number of carboxylic acid groups (broad SMARTS) is 1. The summed E-state index contributed by atoms with van der Waals surface area (Å²) in [6, 6.07) is 22.7. The molecule has 0 spiro atoms. The number of carbonyl (C=O) groups is 1. The van der Waals surface area contributed by atoms with Crippen LogP contribution in [-0.4, -0.2) is 16.2 Å². The van der Waals surface area contributed by atoms with Gasteiger partial charge >= 0.3 is 5.97 Å². The van der Waals surface area contributed by atoms with E-state index >= 15 is 0 Å². The minimum Gasteiger partial charge on any atom is -0.478 e. The number of nitrogens with zero attached hydrogens (tertiary/aromatic N) is 1. The average molecular weight is 315 g/mol. The molecule has 0 atom stereocenters. The molecule has 0 aliphatic carbocycles. The van der Waals surface area contributed by atoms with E-state index in [1.54, 1.807) is 12.1 Å². The summed E-state index contributed by atoms with van der Waals surface area (Å²) in [5.74, 6) is -0.395. The molecule has 4 nitrogen and oxygen atoms in total. The maximum Gasteiger partial charge on any atom is 0.335 e. The van der Waals surface area contributed by atoms with Crippen LogP contribution in [0.15, 0.2) is 77.3 Å². The van der Waals surface area contributed by atoms with Gasteiger partial charge in [-0.05, 0) is 35.4 Å². The van der Waals surface area contributed by atoms with Gasteiger partial charge in [0.25, 0.3) is 0 Å². The summed E-state index contributed by atoms with van der Waals surface area (Å²) in [6.45, 7) is 0. The molecule has 0 fully saturated rings. The van der Waals surface area contributed by atoms with E-state index < -0.39 is 5.97 Å². The fraction of sp³-hybridized carbons (Fsp3) is 0. The lowest BCUT2D eigenvalue weighted by Gasteiger charge is -2.04. The van der Waals surface area contributed by atoms with Crippen LogP contribution in [0.1, 0.15) is 10.4 Å². The van der Waals surface area contributed by atoms with Crippen LogP contribution in [-0.2, 0) is 0 Å². The maximum atomic E-state index is 11.2. The van der Waals surface area contributed by atoms with E-state index in [1.165, 1.54) is 6.07 Å². The van der Waals surface area contributed by atoms with Gasteiger partial charge in [0.1, 0.15) is 5.52 Å². The third-order valence-corrected chi connectivity index (χ3v) is 3.96. The van der Waals surface area contributed by atoms with Gasteiger partial charge in [-0.1, -0.05) is 53.7 Å². The largest absolute Gasteiger partial charge is 0.478 e. The molecule has 1 aromatic heterocycles. The van der Waals surface area contributed by atoms with E-state index in [2.05, 4.69) is 5.16 Å². The monoisotopic (exact) mass is 315 g/mol. The summed E-state index contributed by atoms with van der Waals surface area (Å²) >= 11 is 0. The minimum absolute atomic E-state index is 0.214. The Morgan fingerprint density at radius 3 is 2.38 bits per heavy atom. The molecular weight excluding hydrogens is 302 g/mol.